The van der Waals surface area contributed by atoms with E-state index in [9.17, 15) is 0 Å². The van der Waals surface area contributed by atoms with Gasteiger partial charge in [-0.2, -0.15) is 0 Å². The molecule has 4 aliphatic rings. The SMILES string of the molecule is CC(C)C1CCC/C=C/CCC1.CC(C)C1[C@H]2CCC#CCC[C@@H]12.CC(C)N1Cc2ccccc2C#Cc2ccccc21.CC(C)ON.Cc1nnc(C(C)C)nn1. The third-order valence-corrected chi connectivity index (χ3v) is 11.4. The van der Waals surface area contributed by atoms with E-state index in [1.165, 1.54) is 62.6 Å². The van der Waals surface area contributed by atoms with Gasteiger partial charge in [0.15, 0.2) is 11.6 Å². The van der Waals surface area contributed by atoms with Crippen LogP contribution in [-0.4, -0.2) is 32.5 Å². The molecular weight excluding hydrogens is 713 g/mol. The number of allylic oxidation sites excluding steroid dienone is 2. The van der Waals surface area contributed by atoms with Gasteiger partial charge in [0, 0.05) is 42.5 Å². The summed E-state index contributed by atoms with van der Waals surface area (Å²) in [6.45, 7) is 24.4. The first-order valence-corrected chi connectivity index (χ1v) is 22.3. The quantitative estimate of drug-likeness (QED) is 0.156. The minimum atomic E-state index is 0.162. The van der Waals surface area contributed by atoms with E-state index in [1.54, 1.807) is 6.92 Å². The first-order valence-electron chi connectivity index (χ1n) is 22.3. The molecule has 0 saturated heterocycles. The molecule has 3 aliphatic carbocycles. The van der Waals surface area contributed by atoms with Gasteiger partial charge in [0.05, 0.1) is 11.8 Å². The lowest BCUT2D eigenvalue weighted by molar-refractivity contribution is 0.0800. The molecule has 1 aliphatic heterocycles. The normalized spacial score (nSPS) is 20.0. The fourth-order valence-corrected chi connectivity index (χ4v) is 7.97. The Bertz CT molecular complexity index is 1720. The van der Waals surface area contributed by atoms with Crippen LogP contribution in [0.2, 0.25) is 0 Å². The molecule has 1 fully saturated rings. The van der Waals surface area contributed by atoms with Crippen molar-refractivity contribution >= 4 is 5.69 Å². The number of aryl methyl sites for hydroxylation is 1. The van der Waals surface area contributed by atoms with Gasteiger partial charge in [0.1, 0.15) is 0 Å². The van der Waals surface area contributed by atoms with Crippen LogP contribution in [0.15, 0.2) is 60.7 Å². The second-order valence-electron chi connectivity index (χ2n) is 17.7. The topological polar surface area (TPSA) is 90.1 Å². The molecule has 1 aromatic heterocycles. The molecule has 2 N–H and O–H groups in total. The van der Waals surface area contributed by atoms with Gasteiger partial charge in [-0.05, 0) is 145 Å². The first-order chi connectivity index (χ1) is 27.8. The number of para-hydroxylation sites is 1. The number of aromatic nitrogens is 4. The monoisotopic (exact) mass is 789 g/mol. The zero-order valence-electron chi connectivity index (χ0n) is 38.0. The van der Waals surface area contributed by atoms with E-state index in [4.69, 9.17) is 0 Å². The molecule has 7 rings (SSSR count). The molecule has 1 unspecified atom stereocenters. The van der Waals surface area contributed by atoms with Crippen molar-refractivity contribution in [2.45, 2.75) is 165 Å². The third kappa shape index (κ3) is 17.1. The van der Waals surface area contributed by atoms with Crippen LogP contribution in [0, 0.1) is 66.1 Å². The molecule has 3 aromatic rings. The molecule has 316 valence electrons. The van der Waals surface area contributed by atoms with Crippen molar-refractivity contribution in [1.29, 1.82) is 0 Å². The molecule has 3 atom stereocenters. The Morgan fingerprint density at radius 3 is 1.69 bits per heavy atom. The molecule has 2 aromatic carbocycles. The number of nitrogens with zero attached hydrogens (tertiary/aromatic N) is 5. The van der Waals surface area contributed by atoms with Crippen LogP contribution in [0.4, 0.5) is 5.69 Å². The minimum Gasteiger partial charge on any atom is -0.364 e. The predicted octanol–water partition coefficient (Wildman–Crippen LogP) is 12.0. The molecule has 7 nitrogen and oxygen atoms in total. The molecule has 2 heterocycles. The van der Waals surface area contributed by atoms with Crippen molar-refractivity contribution in [2.75, 3.05) is 4.90 Å². The summed E-state index contributed by atoms with van der Waals surface area (Å²) in [5, 5.41) is 15.3. The predicted molar refractivity (Wildman–Crippen MR) is 244 cm³/mol. The Morgan fingerprint density at radius 1 is 0.672 bits per heavy atom. The average Bonchev–Trinajstić information content (AvgIpc) is 3.83. The molecule has 0 amide bonds. The van der Waals surface area contributed by atoms with Crippen molar-refractivity contribution in [2.24, 2.45) is 41.4 Å². The summed E-state index contributed by atoms with van der Waals surface area (Å²) >= 11 is 0. The van der Waals surface area contributed by atoms with Crippen molar-refractivity contribution in [3.63, 3.8) is 0 Å². The second kappa shape index (κ2) is 26.1. The number of fused-ring (bicyclic) bond motifs is 3. The van der Waals surface area contributed by atoms with Crippen LogP contribution in [0.3, 0.4) is 0 Å². The van der Waals surface area contributed by atoms with Crippen LogP contribution in [0.1, 0.15) is 168 Å². The number of hydrogen-bond donors (Lipinski definition) is 1. The maximum Gasteiger partial charge on any atom is 0.176 e. The highest BCUT2D eigenvalue weighted by atomic mass is 16.6. The molecule has 58 heavy (non-hydrogen) atoms. The Hall–Kier alpha value is -4.04. The second-order valence-corrected chi connectivity index (χ2v) is 17.7. The maximum absolute atomic E-state index is 4.67. The van der Waals surface area contributed by atoms with E-state index in [1.807, 2.05) is 27.7 Å². The fourth-order valence-electron chi connectivity index (χ4n) is 7.97. The molecular formula is C51H76N6O. The highest BCUT2D eigenvalue weighted by Gasteiger charge is 2.49. The molecule has 0 spiro atoms. The van der Waals surface area contributed by atoms with E-state index >= 15 is 0 Å². The first kappa shape index (κ1) is 48.3. The van der Waals surface area contributed by atoms with Crippen molar-refractivity contribution < 1.29 is 4.84 Å². The van der Waals surface area contributed by atoms with E-state index in [2.05, 4.69) is 162 Å². The summed E-state index contributed by atoms with van der Waals surface area (Å²) in [5.74, 6) is 25.3. The maximum atomic E-state index is 4.67. The standard InChI is InChI=1S/C18H17N.C12H18.C12H22.C6H10N4.C3H9NO/c1-14(2)19-13-17-9-4-3-7-15(17)11-12-16-8-5-6-10-18(16)19;1-9(2)12-10-7-5-3-4-6-8-11(10)12;1-11(2)12-9-7-5-3-4-6-8-10-12;1-4(2)6-9-7-5(3)8-10-6;1-3(2)5-4/h3-10,14H,13H2,1-2H3;9-12H,5-8H2,1-2H3;3-4,11-12H,5-10H2,1-2H3;4H,1-3H3;3H,4H2,1-2H3/b;;4-3+;;/t;10-,11+,12?;;;. The Labute approximate surface area is 353 Å². The highest BCUT2D eigenvalue weighted by Crippen LogP contribution is 2.56. The number of benzene rings is 2. The minimum absolute atomic E-state index is 0.162. The van der Waals surface area contributed by atoms with Gasteiger partial charge in [0.25, 0.3) is 0 Å². The number of rotatable bonds is 5. The van der Waals surface area contributed by atoms with Gasteiger partial charge in [-0.25, -0.2) is 5.90 Å². The van der Waals surface area contributed by atoms with Gasteiger partial charge in [-0.1, -0.05) is 95.9 Å². The van der Waals surface area contributed by atoms with Crippen molar-refractivity contribution in [1.82, 2.24) is 20.4 Å². The summed E-state index contributed by atoms with van der Waals surface area (Å²) in [6.07, 6.45) is 18.3. The average molecular weight is 789 g/mol. The molecule has 1 saturated carbocycles. The summed E-state index contributed by atoms with van der Waals surface area (Å²) in [6, 6.07) is 17.3. The number of anilines is 1. The van der Waals surface area contributed by atoms with Gasteiger partial charge in [-0.3, -0.25) is 0 Å². The summed E-state index contributed by atoms with van der Waals surface area (Å²) in [4.78, 5) is 6.67. The van der Waals surface area contributed by atoms with Gasteiger partial charge in [-0.15, -0.1) is 32.2 Å². The van der Waals surface area contributed by atoms with E-state index in [0.717, 1.165) is 66.0 Å². The van der Waals surface area contributed by atoms with Crippen LogP contribution in [-0.2, 0) is 11.4 Å². The number of hydrogen-bond acceptors (Lipinski definition) is 7. The third-order valence-electron chi connectivity index (χ3n) is 11.4. The lowest BCUT2D eigenvalue weighted by Gasteiger charge is -2.31. The molecule has 0 bridgehead atoms. The Balaban J connectivity index is 0.000000205. The van der Waals surface area contributed by atoms with Crippen LogP contribution in [0.5, 0.6) is 0 Å². The lowest BCUT2D eigenvalue weighted by Crippen LogP contribution is -2.31. The Kier molecular flexibility index (Phi) is 21.8. The summed E-state index contributed by atoms with van der Waals surface area (Å²) < 4.78 is 0. The van der Waals surface area contributed by atoms with Crippen molar-refractivity contribution in [3.8, 4) is 23.7 Å². The van der Waals surface area contributed by atoms with Gasteiger partial charge in [0.2, 0.25) is 0 Å². The fraction of sp³-hybridized carbons (Fsp3) is 0.608. The van der Waals surface area contributed by atoms with E-state index < -0.39 is 0 Å². The van der Waals surface area contributed by atoms with Crippen LogP contribution in [0.25, 0.3) is 0 Å². The highest BCUT2D eigenvalue weighted by molar-refractivity contribution is 5.64. The van der Waals surface area contributed by atoms with Crippen LogP contribution < -0.4 is 10.8 Å². The zero-order chi connectivity index (χ0) is 42.5. The van der Waals surface area contributed by atoms with E-state index in [0.29, 0.717) is 23.6 Å². The zero-order valence-corrected chi connectivity index (χ0v) is 38.0. The van der Waals surface area contributed by atoms with E-state index in [-0.39, 0.29) is 6.10 Å². The summed E-state index contributed by atoms with van der Waals surface area (Å²) in [7, 11) is 0. The molecule has 0 radical (unpaired) electrons. The smallest absolute Gasteiger partial charge is 0.176 e. The molecule has 7 heteroatoms. The van der Waals surface area contributed by atoms with Gasteiger partial charge >= 0.3 is 0 Å². The van der Waals surface area contributed by atoms with Gasteiger partial charge < -0.3 is 9.74 Å². The Morgan fingerprint density at radius 2 is 1.19 bits per heavy atom. The lowest BCUT2D eigenvalue weighted by atomic mass is 9.87. The number of nitrogens with two attached hydrogens (primary N) is 1. The largest absolute Gasteiger partial charge is 0.364 e. The summed E-state index contributed by atoms with van der Waals surface area (Å²) in [5.41, 5.74) is 4.80. The van der Waals surface area contributed by atoms with Crippen LogP contribution >= 0.6 is 0 Å². The van der Waals surface area contributed by atoms with Crippen molar-refractivity contribution in [3.05, 3.63) is 89.0 Å².